The van der Waals surface area contributed by atoms with E-state index in [4.69, 9.17) is 0 Å². The van der Waals surface area contributed by atoms with Crippen LogP contribution < -0.4 is 5.43 Å². The number of hydrogen-bond donors (Lipinski definition) is 1. The van der Waals surface area contributed by atoms with Gasteiger partial charge in [-0.25, -0.2) is 5.43 Å². The summed E-state index contributed by atoms with van der Waals surface area (Å²) >= 11 is 0. The van der Waals surface area contributed by atoms with Crippen molar-refractivity contribution in [2.75, 3.05) is 0 Å². The van der Waals surface area contributed by atoms with Gasteiger partial charge in [0.25, 0.3) is 0 Å². The van der Waals surface area contributed by atoms with Gasteiger partial charge < -0.3 is 0 Å². The highest BCUT2D eigenvalue weighted by Crippen LogP contribution is 2.53. The second kappa shape index (κ2) is 6.83. The third kappa shape index (κ3) is 3.62. The first-order chi connectivity index (χ1) is 11.6. The van der Waals surface area contributed by atoms with Crippen LogP contribution in [0.2, 0.25) is 0 Å². The van der Waals surface area contributed by atoms with E-state index in [1.54, 1.807) is 0 Å². The van der Waals surface area contributed by atoms with Crippen LogP contribution in [0.15, 0.2) is 71.8 Å². The molecular weight excluding hydrogens is 296 g/mol. The fourth-order valence-electron chi connectivity index (χ4n) is 2.92. The number of allylic oxidation sites excluding steroid dienone is 1. The molecule has 0 heterocycles. The maximum absolute atomic E-state index is 12.3. The second-order valence-electron chi connectivity index (χ2n) is 6.51. The predicted octanol–water partition coefficient (Wildman–Crippen LogP) is 4.17. The summed E-state index contributed by atoms with van der Waals surface area (Å²) in [5, 5.41) is 4.19. The molecule has 1 aliphatic carbocycles. The number of benzene rings is 2. The van der Waals surface area contributed by atoms with E-state index in [0.29, 0.717) is 0 Å². The molecule has 1 aliphatic rings. The molecule has 24 heavy (non-hydrogen) atoms. The predicted molar refractivity (Wildman–Crippen MR) is 98.6 cm³/mol. The Morgan fingerprint density at radius 1 is 1.12 bits per heavy atom. The zero-order valence-electron chi connectivity index (χ0n) is 14.1. The molecule has 0 unspecified atom stereocenters. The van der Waals surface area contributed by atoms with Crippen molar-refractivity contribution in [1.82, 2.24) is 5.43 Å². The Hall–Kier alpha value is -2.68. The summed E-state index contributed by atoms with van der Waals surface area (Å²) in [6.07, 6.45) is 4.76. The van der Waals surface area contributed by atoms with E-state index >= 15 is 0 Å². The van der Waals surface area contributed by atoms with Crippen molar-refractivity contribution in [1.29, 1.82) is 0 Å². The van der Waals surface area contributed by atoms with Gasteiger partial charge in [-0.1, -0.05) is 73.7 Å². The van der Waals surface area contributed by atoms with Crippen molar-refractivity contribution in [3.63, 3.8) is 0 Å². The molecule has 0 spiro atoms. The van der Waals surface area contributed by atoms with Gasteiger partial charge in [-0.05, 0) is 30.5 Å². The molecule has 1 N–H and O–H groups in total. The van der Waals surface area contributed by atoms with Gasteiger partial charge in [-0.15, -0.1) is 0 Å². The van der Waals surface area contributed by atoms with Gasteiger partial charge in [0.15, 0.2) is 0 Å². The molecule has 0 saturated heterocycles. The zero-order valence-corrected chi connectivity index (χ0v) is 14.1. The number of nitrogens with zero attached hydrogens (tertiary/aromatic N) is 1. The molecule has 122 valence electrons. The van der Waals surface area contributed by atoms with E-state index in [1.807, 2.05) is 67.6 Å². The highest BCUT2D eigenvalue weighted by atomic mass is 16.2. The Balaban J connectivity index is 1.57. The molecule has 3 rings (SSSR count). The lowest BCUT2D eigenvalue weighted by atomic mass is 9.95. The minimum atomic E-state index is -0.0609. The lowest BCUT2D eigenvalue weighted by molar-refractivity contribution is -0.122. The standard InChI is InChI=1S/C21H22N2O/c1-16(13-14-17-9-5-3-6-10-17)22-23-20(24)19-15-21(19,2)18-11-7-4-8-12-18/h3-14,19H,15H2,1-2H3,(H,23,24)/b14-13+,22-16?/t19-,21-/m0/s1. The summed E-state index contributed by atoms with van der Waals surface area (Å²) in [7, 11) is 0. The van der Waals surface area contributed by atoms with E-state index in [0.717, 1.165) is 17.7 Å². The molecule has 2 atom stereocenters. The van der Waals surface area contributed by atoms with E-state index in [1.165, 1.54) is 5.56 Å². The van der Waals surface area contributed by atoms with Crippen LogP contribution in [0.1, 0.15) is 31.4 Å². The number of rotatable bonds is 5. The first-order valence-electron chi connectivity index (χ1n) is 8.22. The second-order valence-corrected chi connectivity index (χ2v) is 6.51. The van der Waals surface area contributed by atoms with Gasteiger partial charge in [-0.3, -0.25) is 4.79 Å². The Labute approximate surface area is 143 Å². The summed E-state index contributed by atoms with van der Waals surface area (Å²) in [6, 6.07) is 20.2. The summed E-state index contributed by atoms with van der Waals surface area (Å²) in [5.41, 5.74) is 5.74. The maximum atomic E-state index is 12.3. The lowest BCUT2D eigenvalue weighted by Crippen LogP contribution is -2.24. The minimum absolute atomic E-state index is 0.00504. The van der Waals surface area contributed by atoms with E-state index in [2.05, 4.69) is 29.6 Å². The molecule has 1 fully saturated rings. The van der Waals surface area contributed by atoms with E-state index in [9.17, 15) is 4.79 Å². The highest BCUT2D eigenvalue weighted by molar-refractivity contribution is 5.97. The topological polar surface area (TPSA) is 41.5 Å². The van der Waals surface area contributed by atoms with Crippen molar-refractivity contribution >= 4 is 17.7 Å². The molecular formula is C21H22N2O. The monoisotopic (exact) mass is 318 g/mol. The average Bonchev–Trinajstić information content (AvgIpc) is 3.33. The SMILES string of the molecule is CC(/C=C/c1ccccc1)=NNC(=O)[C@@H]1C[C@@]1(C)c1ccccc1. The van der Waals surface area contributed by atoms with E-state index < -0.39 is 0 Å². The zero-order chi connectivity index (χ0) is 17.0. The Kier molecular flexibility index (Phi) is 4.61. The highest BCUT2D eigenvalue weighted by Gasteiger charge is 2.55. The molecule has 2 aromatic carbocycles. The van der Waals surface area contributed by atoms with Gasteiger partial charge in [0.05, 0.1) is 11.6 Å². The number of carbonyl (C=O) groups is 1. The fourth-order valence-corrected chi connectivity index (χ4v) is 2.92. The van der Waals surface area contributed by atoms with Gasteiger partial charge >= 0.3 is 0 Å². The number of hydrazone groups is 1. The fraction of sp³-hybridized carbons (Fsp3) is 0.238. The van der Waals surface area contributed by atoms with Crippen molar-refractivity contribution < 1.29 is 4.79 Å². The van der Waals surface area contributed by atoms with Crippen LogP contribution in [0.4, 0.5) is 0 Å². The summed E-state index contributed by atoms with van der Waals surface area (Å²) in [5.74, 6) is -0.0108. The van der Waals surface area contributed by atoms with Gasteiger partial charge in [0.2, 0.25) is 5.91 Å². The van der Waals surface area contributed by atoms with Crippen LogP contribution in [0.3, 0.4) is 0 Å². The summed E-state index contributed by atoms with van der Waals surface area (Å²) < 4.78 is 0. The third-order valence-electron chi connectivity index (χ3n) is 4.65. The number of hydrogen-bond acceptors (Lipinski definition) is 2. The first kappa shape index (κ1) is 16.2. The molecule has 1 saturated carbocycles. The number of carbonyl (C=O) groups excluding carboxylic acids is 1. The molecule has 0 bridgehead atoms. The van der Waals surface area contributed by atoms with Gasteiger partial charge in [0.1, 0.15) is 0 Å². The molecule has 0 radical (unpaired) electrons. The Morgan fingerprint density at radius 2 is 1.75 bits per heavy atom. The van der Waals surface area contributed by atoms with Crippen LogP contribution in [0, 0.1) is 5.92 Å². The molecule has 3 heteroatoms. The largest absolute Gasteiger partial charge is 0.273 e. The molecule has 2 aromatic rings. The maximum Gasteiger partial charge on any atom is 0.244 e. The van der Waals surface area contributed by atoms with Crippen LogP contribution in [0.5, 0.6) is 0 Å². The van der Waals surface area contributed by atoms with Crippen LogP contribution in [-0.4, -0.2) is 11.6 Å². The molecule has 3 nitrogen and oxygen atoms in total. The first-order valence-corrected chi connectivity index (χ1v) is 8.22. The molecule has 1 amide bonds. The van der Waals surface area contributed by atoms with Crippen molar-refractivity contribution in [2.45, 2.75) is 25.7 Å². The van der Waals surface area contributed by atoms with E-state index in [-0.39, 0.29) is 17.2 Å². The molecule has 0 aromatic heterocycles. The van der Waals surface area contributed by atoms with Gasteiger partial charge in [0, 0.05) is 5.41 Å². The van der Waals surface area contributed by atoms with Crippen LogP contribution in [-0.2, 0) is 10.2 Å². The quantitative estimate of drug-likeness (QED) is 0.652. The van der Waals surface area contributed by atoms with Crippen molar-refractivity contribution in [2.24, 2.45) is 11.0 Å². The normalized spacial score (nSPS) is 23.2. The van der Waals surface area contributed by atoms with Crippen LogP contribution >= 0.6 is 0 Å². The van der Waals surface area contributed by atoms with Crippen LogP contribution in [0.25, 0.3) is 6.08 Å². The third-order valence-corrected chi connectivity index (χ3v) is 4.65. The lowest BCUT2D eigenvalue weighted by Gasteiger charge is -2.10. The Morgan fingerprint density at radius 3 is 2.42 bits per heavy atom. The minimum Gasteiger partial charge on any atom is -0.273 e. The molecule has 0 aliphatic heterocycles. The number of nitrogens with one attached hydrogen (secondary N) is 1. The van der Waals surface area contributed by atoms with Crippen molar-refractivity contribution in [3.8, 4) is 0 Å². The van der Waals surface area contributed by atoms with Crippen molar-refractivity contribution in [3.05, 3.63) is 77.9 Å². The summed E-state index contributed by atoms with van der Waals surface area (Å²) in [6.45, 7) is 4.02. The summed E-state index contributed by atoms with van der Waals surface area (Å²) in [4.78, 5) is 12.3. The van der Waals surface area contributed by atoms with Gasteiger partial charge in [-0.2, -0.15) is 5.10 Å². The average molecular weight is 318 g/mol. The Bertz CT molecular complexity index is 765. The number of amides is 1. The smallest absolute Gasteiger partial charge is 0.244 e.